The number of benzene rings is 1. The third-order valence-corrected chi connectivity index (χ3v) is 4.52. The summed E-state index contributed by atoms with van der Waals surface area (Å²) in [5.74, 6) is -0.733. The molecule has 1 aromatic carbocycles. The lowest BCUT2D eigenvalue weighted by molar-refractivity contribution is -0.136. The average Bonchev–Trinajstić information content (AvgIpc) is 2.63. The summed E-state index contributed by atoms with van der Waals surface area (Å²) >= 11 is 0. The van der Waals surface area contributed by atoms with Crippen LogP contribution in [0.4, 0.5) is 5.82 Å². The number of methoxy groups -OCH3 is 1. The van der Waals surface area contributed by atoms with E-state index in [0.29, 0.717) is 22.7 Å². The maximum Gasteiger partial charge on any atom is 0.336 e. The first-order valence-corrected chi connectivity index (χ1v) is 7.79. The Morgan fingerprint density at radius 3 is 2.36 bits per heavy atom. The van der Waals surface area contributed by atoms with Crippen molar-refractivity contribution in [3.63, 3.8) is 0 Å². The van der Waals surface area contributed by atoms with Crippen LogP contribution in [0.2, 0.25) is 0 Å². The summed E-state index contributed by atoms with van der Waals surface area (Å²) < 4.78 is 7.36. The summed E-state index contributed by atoms with van der Waals surface area (Å²) in [4.78, 5) is 37.6. The number of hydrogen-bond acceptors (Lipinski definition) is 5. The molecular weight excluding hydrogens is 322 g/mol. The summed E-state index contributed by atoms with van der Waals surface area (Å²) in [6.07, 6.45) is 0. The standard InChI is InChI=1S/C18H19N3O4/c1-10-12(17(23)25-4)13(11-8-6-5-7-9-11)14-15(19-10)20(2)18(24)21(3)16(14)22/h5-9,13,19H,1-4H3. The van der Waals surface area contributed by atoms with Crippen LogP contribution < -0.4 is 16.6 Å². The molecule has 1 atom stereocenters. The van der Waals surface area contributed by atoms with Gasteiger partial charge in [0.1, 0.15) is 5.82 Å². The molecule has 1 unspecified atom stereocenters. The van der Waals surface area contributed by atoms with E-state index in [4.69, 9.17) is 4.74 Å². The second kappa shape index (κ2) is 6.08. The van der Waals surface area contributed by atoms with E-state index in [-0.39, 0.29) is 0 Å². The van der Waals surface area contributed by atoms with E-state index in [1.165, 1.54) is 18.7 Å². The van der Waals surface area contributed by atoms with E-state index in [0.717, 1.165) is 10.1 Å². The molecular formula is C18H19N3O4. The highest BCUT2D eigenvalue weighted by Crippen LogP contribution is 2.39. The molecule has 0 spiro atoms. The highest BCUT2D eigenvalue weighted by Gasteiger charge is 2.36. The number of nitrogens with zero attached hydrogens (tertiary/aromatic N) is 2. The minimum atomic E-state index is -0.615. The Labute approximate surface area is 144 Å². The van der Waals surface area contributed by atoms with E-state index in [9.17, 15) is 14.4 Å². The van der Waals surface area contributed by atoms with Gasteiger partial charge in [0.05, 0.1) is 24.2 Å². The Balaban J connectivity index is 2.42. The van der Waals surface area contributed by atoms with Crippen LogP contribution in [0.5, 0.6) is 0 Å². The molecule has 0 saturated heterocycles. The number of carbonyl (C=O) groups is 1. The van der Waals surface area contributed by atoms with Gasteiger partial charge in [-0.1, -0.05) is 30.3 Å². The predicted molar refractivity (Wildman–Crippen MR) is 93.5 cm³/mol. The minimum Gasteiger partial charge on any atom is -0.466 e. The lowest BCUT2D eigenvalue weighted by Gasteiger charge is -2.30. The van der Waals surface area contributed by atoms with Gasteiger partial charge in [0, 0.05) is 19.8 Å². The summed E-state index contributed by atoms with van der Waals surface area (Å²) in [7, 11) is 4.32. The predicted octanol–water partition coefficient (Wildman–Crippen LogP) is 1.09. The van der Waals surface area contributed by atoms with Gasteiger partial charge in [-0.2, -0.15) is 0 Å². The van der Waals surface area contributed by atoms with Crippen molar-refractivity contribution in [1.82, 2.24) is 9.13 Å². The van der Waals surface area contributed by atoms with Crippen molar-refractivity contribution in [3.05, 3.63) is 73.6 Å². The van der Waals surface area contributed by atoms with Gasteiger partial charge >= 0.3 is 11.7 Å². The maximum absolute atomic E-state index is 12.9. The largest absolute Gasteiger partial charge is 0.466 e. The molecule has 7 nitrogen and oxygen atoms in total. The molecule has 0 aliphatic carbocycles. The Kier molecular flexibility index (Phi) is 4.08. The molecule has 2 heterocycles. The molecule has 1 aromatic heterocycles. The molecule has 1 aliphatic rings. The van der Waals surface area contributed by atoms with Crippen LogP contribution in [0.15, 0.2) is 51.2 Å². The van der Waals surface area contributed by atoms with Crippen LogP contribution in [-0.4, -0.2) is 22.2 Å². The highest BCUT2D eigenvalue weighted by molar-refractivity contribution is 5.94. The summed E-state index contributed by atoms with van der Waals surface area (Å²) in [5, 5.41) is 3.03. The number of carbonyl (C=O) groups excluding carboxylic acids is 1. The van der Waals surface area contributed by atoms with E-state index in [2.05, 4.69) is 5.32 Å². The van der Waals surface area contributed by atoms with Crippen molar-refractivity contribution in [3.8, 4) is 0 Å². The monoisotopic (exact) mass is 341 g/mol. The first-order valence-electron chi connectivity index (χ1n) is 7.79. The van der Waals surface area contributed by atoms with Gasteiger partial charge in [-0.05, 0) is 12.5 Å². The number of hydrogen-bond donors (Lipinski definition) is 1. The van der Waals surface area contributed by atoms with E-state index >= 15 is 0 Å². The average molecular weight is 341 g/mol. The first-order chi connectivity index (χ1) is 11.9. The van der Waals surface area contributed by atoms with Crippen molar-refractivity contribution in [2.24, 2.45) is 14.1 Å². The molecule has 0 saturated carbocycles. The van der Waals surface area contributed by atoms with Crippen molar-refractivity contribution in [2.45, 2.75) is 12.8 Å². The van der Waals surface area contributed by atoms with Gasteiger partial charge in [0.15, 0.2) is 0 Å². The molecule has 1 N–H and O–H groups in total. The number of nitrogens with one attached hydrogen (secondary N) is 1. The molecule has 0 amide bonds. The van der Waals surface area contributed by atoms with Crippen LogP contribution in [0.3, 0.4) is 0 Å². The van der Waals surface area contributed by atoms with Gasteiger partial charge in [0.25, 0.3) is 5.56 Å². The third-order valence-electron chi connectivity index (χ3n) is 4.52. The number of ether oxygens (including phenoxy) is 1. The van der Waals surface area contributed by atoms with Gasteiger partial charge in [0.2, 0.25) is 0 Å². The maximum atomic E-state index is 12.9. The SMILES string of the molecule is COC(=O)C1=C(C)Nc2c(c(=O)n(C)c(=O)n2C)C1c1ccccc1. The zero-order valence-corrected chi connectivity index (χ0v) is 14.5. The number of rotatable bonds is 2. The van der Waals surface area contributed by atoms with Crippen LogP contribution in [0.1, 0.15) is 24.0 Å². The zero-order chi connectivity index (χ0) is 18.3. The van der Waals surface area contributed by atoms with Crippen molar-refractivity contribution < 1.29 is 9.53 Å². The summed E-state index contributed by atoms with van der Waals surface area (Å²) in [6, 6.07) is 9.24. The Bertz CT molecular complexity index is 999. The molecule has 1 aliphatic heterocycles. The molecule has 7 heteroatoms. The first kappa shape index (κ1) is 16.8. The summed E-state index contributed by atoms with van der Waals surface area (Å²) in [6.45, 7) is 1.73. The van der Waals surface area contributed by atoms with Crippen molar-refractivity contribution >= 4 is 11.8 Å². The van der Waals surface area contributed by atoms with E-state index < -0.39 is 23.1 Å². The van der Waals surface area contributed by atoms with Gasteiger partial charge in [-0.25, -0.2) is 9.59 Å². The van der Waals surface area contributed by atoms with Gasteiger partial charge in [-0.3, -0.25) is 13.9 Å². The molecule has 0 fully saturated rings. The minimum absolute atomic E-state index is 0.349. The third kappa shape index (κ3) is 2.48. The highest BCUT2D eigenvalue weighted by atomic mass is 16.5. The molecule has 2 aromatic rings. The Morgan fingerprint density at radius 2 is 1.76 bits per heavy atom. The number of esters is 1. The molecule has 0 bridgehead atoms. The smallest absolute Gasteiger partial charge is 0.336 e. The second-order valence-electron chi connectivity index (χ2n) is 5.97. The number of allylic oxidation sites excluding steroid dienone is 1. The van der Waals surface area contributed by atoms with Crippen LogP contribution in [-0.2, 0) is 23.6 Å². The van der Waals surface area contributed by atoms with E-state index in [1.807, 2.05) is 30.3 Å². The fraction of sp³-hybridized carbons (Fsp3) is 0.278. The lowest BCUT2D eigenvalue weighted by Crippen LogP contribution is -2.43. The van der Waals surface area contributed by atoms with Crippen molar-refractivity contribution in [1.29, 1.82) is 0 Å². The fourth-order valence-electron chi connectivity index (χ4n) is 3.25. The van der Waals surface area contributed by atoms with Crippen LogP contribution >= 0.6 is 0 Å². The number of anilines is 1. The topological polar surface area (TPSA) is 82.3 Å². The molecule has 25 heavy (non-hydrogen) atoms. The quantitative estimate of drug-likeness (QED) is 0.827. The molecule has 3 rings (SSSR count). The Morgan fingerprint density at radius 1 is 1.12 bits per heavy atom. The van der Waals surface area contributed by atoms with Crippen molar-refractivity contribution in [2.75, 3.05) is 12.4 Å². The van der Waals surface area contributed by atoms with Gasteiger partial charge in [-0.15, -0.1) is 0 Å². The van der Waals surface area contributed by atoms with Gasteiger partial charge < -0.3 is 10.1 Å². The van der Waals surface area contributed by atoms with Crippen LogP contribution in [0.25, 0.3) is 0 Å². The zero-order valence-electron chi connectivity index (χ0n) is 14.5. The fourth-order valence-corrected chi connectivity index (χ4v) is 3.25. The Hall–Kier alpha value is -3.09. The number of aromatic nitrogens is 2. The number of fused-ring (bicyclic) bond motifs is 1. The van der Waals surface area contributed by atoms with Crippen LogP contribution in [0, 0.1) is 0 Å². The lowest BCUT2D eigenvalue weighted by atomic mass is 9.82. The summed E-state index contributed by atoms with van der Waals surface area (Å²) in [5.41, 5.74) is 1.17. The second-order valence-corrected chi connectivity index (χ2v) is 5.97. The van der Waals surface area contributed by atoms with E-state index in [1.54, 1.807) is 14.0 Å². The normalized spacial score (nSPS) is 16.2. The molecule has 130 valence electrons. The molecule has 0 radical (unpaired) electrons.